The van der Waals surface area contributed by atoms with Gasteiger partial charge in [0.25, 0.3) is 0 Å². The van der Waals surface area contributed by atoms with Gasteiger partial charge in [-0.25, -0.2) is 29.9 Å². The second-order valence-electron chi connectivity index (χ2n) is 39.8. The Morgan fingerprint density at radius 2 is 0.667 bits per heavy atom. The van der Waals surface area contributed by atoms with Gasteiger partial charge in [-0.1, -0.05) is 428 Å². The van der Waals surface area contributed by atoms with Crippen molar-refractivity contribution in [3.05, 3.63) is 501 Å². The third-order valence-electron chi connectivity index (χ3n) is 31.0. The lowest BCUT2D eigenvalue weighted by molar-refractivity contribution is 0.391. The average Bonchev–Trinajstić information content (AvgIpc) is 1.51. The molecule has 0 saturated carbocycles. The summed E-state index contributed by atoms with van der Waals surface area (Å²) >= 11 is 0. The lowest BCUT2D eigenvalue weighted by Crippen LogP contribution is -2.27. The Hall–Kier alpha value is -18.2. The summed E-state index contributed by atoms with van der Waals surface area (Å²) in [5, 5.41) is 26.4. The summed E-state index contributed by atoms with van der Waals surface area (Å²) in [7, 11) is 0. The van der Waals surface area contributed by atoms with Gasteiger partial charge in [-0.15, -0.1) is 0 Å². The maximum Gasteiger partial charge on any atom is 0.164 e. The van der Waals surface area contributed by atoms with Gasteiger partial charge in [-0.2, -0.15) is 0 Å². The van der Waals surface area contributed by atoms with Crippen LogP contribution < -0.4 is 4.90 Å². The van der Waals surface area contributed by atoms with Crippen LogP contribution in [0.25, 0.3) is 232 Å². The second kappa shape index (κ2) is 33.2. The fourth-order valence-corrected chi connectivity index (χ4v) is 24.5. The number of anilines is 3. The molecule has 0 aliphatic heterocycles. The Balaban J connectivity index is 0.000000107. The fourth-order valence-electron chi connectivity index (χ4n) is 24.5. The molecule has 144 heavy (non-hydrogen) atoms. The summed E-state index contributed by atoms with van der Waals surface area (Å²) in [5.74, 6) is 4.67. The van der Waals surface area contributed by atoms with Crippen LogP contribution in [0.4, 0.5) is 17.1 Å². The lowest BCUT2D eigenvalue weighted by atomic mass is 9.70. The van der Waals surface area contributed by atoms with Crippen molar-refractivity contribution in [1.29, 1.82) is 0 Å². The minimum Gasteiger partial charge on any atom is -0.310 e. The molecule has 0 fully saturated rings. The topological polar surface area (TPSA) is 85.5 Å². The third-order valence-corrected chi connectivity index (χ3v) is 31.0. The quantitative estimate of drug-likeness (QED) is 0.113. The van der Waals surface area contributed by atoms with Gasteiger partial charge in [0.2, 0.25) is 0 Å². The zero-order valence-electron chi connectivity index (χ0n) is 79.8. The molecule has 0 bridgehead atoms. The van der Waals surface area contributed by atoms with E-state index in [1.54, 1.807) is 5.56 Å². The normalized spacial score (nSPS) is 14.2. The summed E-state index contributed by atoms with van der Waals surface area (Å²) in [5.41, 5.74) is 28.1. The first-order valence-corrected chi connectivity index (χ1v) is 49.9. The molecule has 27 aromatic rings. The first-order valence-electron chi connectivity index (χ1n) is 49.9. The first-order chi connectivity index (χ1) is 70.9. The van der Waals surface area contributed by atoms with Crippen LogP contribution in [0.1, 0.15) is 67.0 Å². The van der Waals surface area contributed by atoms with E-state index in [0.717, 1.165) is 88.4 Å². The van der Waals surface area contributed by atoms with Gasteiger partial charge in [0.1, 0.15) is 0 Å². The Morgan fingerprint density at radius 1 is 0.250 bits per heavy atom. The Morgan fingerprint density at radius 3 is 1.26 bits per heavy atom. The summed E-state index contributed by atoms with van der Waals surface area (Å²) in [6.07, 6.45) is 4.88. The molecule has 3 aromatic heterocycles. The molecule has 24 aromatic carbocycles. The molecule has 0 spiro atoms. The van der Waals surface area contributed by atoms with Crippen molar-refractivity contribution in [2.45, 2.75) is 44.4 Å². The molecule has 30 rings (SSSR count). The van der Waals surface area contributed by atoms with Gasteiger partial charge in [0, 0.05) is 83.8 Å². The number of hydrogen-bond donors (Lipinski definition) is 0. The molecule has 0 saturated heterocycles. The van der Waals surface area contributed by atoms with E-state index >= 15 is 0 Å². The standard InChI is InChI=1S/C52H34N2.C46H28N6.C38H30/c1-4-14-36(15-5-1)50-47-34-41-24-23-37-19-12-20-38-26-32-46(49(41)48(37)38)52(47)54(51(50)39-16-6-2-7-17-39)44-30-28-43(29-31-44)53(42-21-8-3-9-22-42)45-27-25-35-13-10-11-18-40(35)33-45;1-5-14-30(15-6-1)41-47-42(31-16-7-2-8-17-31)50-45(49-41)37-27-25-34-28-38(35-23-13-22-29-24-26-36(37)40(34)39(29)35)46-51-43(32-18-9-3-10-19-32)48-44(52-46)33-20-11-4-12-21-33;1-37(2)29-19-17-27-33-25-11-6-5-8-21(25)15-18-28(33)38(3,4)36(27)35(29)34-26-16-14-23-10-7-9-22-12-13-24(20-30(34)37)32(26)31(22)23/h1-34H;1-28H;5-20,28,33H,1-4H3. The maximum atomic E-state index is 5.10. The summed E-state index contributed by atoms with van der Waals surface area (Å²) in [6, 6.07) is 166. The predicted octanol–water partition coefficient (Wildman–Crippen LogP) is 35.4. The van der Waals surface area contributed by atoms with Crippen molar-refractivity contribution < 1.29 is 0 Å². The highest BCUT2D eigenvalue weighted by Gasteiger charge is 2.52. The van der Waals surface area contributed by atoms with Crippen LogP contribution in [-0.2, 0) is 10.8 Å². The fraction of sp³-hybridized carbons (Fsp3) is 0.0588. The number of nitrogens with zero attached hydrogens (tertiary/aromatic N) is 8. The summed E-state index contributed by atoms with van der Waals surface area (Å²) in [6.45, 7) is 9.86. The van der Waals surface area contributed by atoms with Crippen molar-refractivity contribution in [2.75, 3.05) is 4.90 Å². The van der Waals surface area contributed by atoms with Gasteiger partial charge in [0.15, 0.2) is 34.9 Å². The van der Waals surface area contributed by atoms with E-state index in [-0.39, 0.29) is 10.8 Å². The molecule has 3 aliphatic rings. The molecule has 3 heterocycles. The van der Waals surface area contributed by atoms with Gasteiger partial charge < -0.3 is 9.47 Å². The highest BCUT2D eigenvalue weighted by molar-refractivity contribution is 6.32. The summed E-state index contributed by atoms with van der Waals surface area (Å²) < 4.78 is 2.52. The van der Waals surface area contributed by atoms with Crippen molar-refractivity contribution in [3.63, 3.8) is 0 Å². The third kappa shape index (κ3) is 13.4. The Kier molecular flexibility index (Phi) is 19.4. The van der Waals surface area contributed by atoms with Gasteiger partial charge in [-0.05, 0) is 242 Å². The van der Waals surface area contributed by atoms with Crippen LogP contribution in [0.3, 0.4) is 0 Å². The van der Waals surface area contributed by atoms with Crippen molar-refractivity contribution in [1.82, 2.24) is 34.5 Å². The van der Waals surface area contributed by atoms with E-state index in [1.165, 1.54) is 148 Å². The zero-order valence-corrected chi connectivity index (χ0v) is 79.8. The second-order valence-corrected chi connectivity index (χ2v) is 39.8. The minimum absolute atomic E-state index is 0.0387. The number of fused-ring (bicyclic) bond motifs is 13. The van der Waals surface area contributed by atoms with E-state index in [2.05, 4.69) is 389 Å². The van der Waals surface area contributed by atoms with Gasteiger partial charge in [-0.3, -0.25) is 0 Å². The van der Waals surface area contributed by atoms with E-state index in [0.29, 0.717) is 46.8 Å². The van der Waals surface area contributed by atoms with Crippen LogP contribution in [0.2, 0.25) is 0 Å². The molecular weight excluding hydrogens is 1750 g/mol. The molecule has 8 heteroatoms. The van der Waals surface area contributed by atoms with Crippen LogP contribution in [-0.4, -0.2) is 34.5 Å². The van der Waals surface area contributed by atoms with Crippen molar-refractivity contribution in [2.24, 2.45) is 5.92 Å². The predicted molar refractivity (Wildman–Crippen MR) is 601 cm³/mol. The molecule has 0 N–H and O–H groups in total. The summed E-state index contributed by atoms with van der Waals surface area (Å²) in [4.78, 5) is 32.6. The van der Waals surface area contributed by atoms with Crippen molar-refractivity contribution in [3.8, 4) is 108 Å². The number of allylic oxidation sites excluding steroid dienone is 1. The number of para-hydroxylation sites is 1. The van der Waals surface area contributed by atoms with E-state index < -0.39 is 0 Å². The van der Waals surface area contributed by atoms with Crippen LogP contribution in [0.15, 0.2) is 467 Å². The molecule has 3 aliphatic carbocycles. The molecule has 2 atom stereocenters. The molecule has 2 unspecified atom stereocenters. The molecule has 0 radical (unpaired) electrons. The Bertz CT molecular complexity index is 9660. The van der Waals surface area contributed by atoms with Crippen molar-refractivity contribution >= 4 is 142 Å². The van der Waals surface area contributed by atoms with E-state index in [4.69, 9.17) is 29.9 Å². The van der Waals surface area contributed by atoms with Gasteiger partial charge in [0.05, 0.1) is 11.2 Å². The van der Waals surface area contributed by atoms with Crippen LogP contribution >= 0.6 is 0 Å². The Labute approximate surface area is 833 Å². The smallest absolute Gasteiger partial charge is 0.164 e. The molecule has 8 nitrogen and oxygen atoms in total. The highest BCUT2D eigenvalue weighted by atomic mass is 15.1. The van der Waals surface area contributed by atoms with E-state index in [1.807, 2.05) is 121 Å². The average molecular weight is 1840 g/mol. The number of aromatic nitrogens is 7. The van der Waals surface area contributed by atoms with Crippen LogP contribution in [0.5, 0.6) is 0 Å². The number of rotatable bonds is 12. The molecule has 0 amide bonds. The van der Waals surface area contributed by atoms with Crippen LogP contribution in [0, 0.1) is 5.92 Å². The SMILES string of the molecule is CC1(C)c2ccc3c(c2-c2c1cc1ccc4cccc5ccc2c1c45)C(C)(C)C1C=Cc2ccccc2C31.c1ccc(-c2c(-c3ccccc3)n(-c3ccc(N(c4ccccc4)c4ccc5ccccc5c4)cc3)c3c2cc2ccc4cccc5ccc3c2c45)cc1.c1ccc(-c2nc(-c3ccccc3)nc(-c3cc4ccc(-c5nc(-c6ccccc6)nc(-c6ccccc6)n5)c5ccc6cccc3c6c45)n2)cc1. The minimum atomic E-state index is -0.0399. The first kappa shape index (κ1) is 83.9. The zero-order chi connectivity index (χ0) is 95.6. The lowest BCUT2D eigenvalue weighted by Gasteiger charge is -2.33. The van der Waals surface area contributed by atoms with E-state index in [9.17, 15) is 0 Å². The number of benzene rings is 24. The molecular formula is C136H92N8. The largest absolute Gasteiger partial charge is 0.310 e. The monoisotopic (exact) mass is 1840 g/mol. The highest BCUT2D eigenvalue weighted by Crippen LogP contribution is 2.65. The molecule has 676 valence electrons. The number of hydrogen-bond acceptors (Lipinski definition) is 7. The van der Waals surface area contributed by atoms with Gasteiger partial charge >= 0.3 is 0 Å². The maximum absolute atomic E-state index is 5.10.